The first kappa shape index (κ1) is 20.2. The summed E-state index contributed by atoms with van der Waals surface area (Å²) < 4.78 is 33.2. The van der Waals surface area contributed by atoms with E-state index in [0.717, 1.165) is 47.4 Å². The second kappa shape index (κ2) is 8.11. The van der Waals surface area contributed by atoms with Gasteiger partial charge in [0, 0.05) is 36.1 Å². The Morgan fingerprint density at radius 3 is 2.65 bits per heavy atom. The molecule has 162 valence electrons. The predicted octanol–water partition coefficient (Wildman–Crippen LogP) is 2.56. The number of sulfonamides is 1. The molecule has 1 saturated heterocycles. The summed E-state index contributed by atoms with van der Waals surface area (Å²) >= 11 is 0. The number of nitrogens with one attached hydrogen (secondary N) is 2. The number of anilines is 1. The number of aromatic nitrogens is 1. The number of morpholine rings is 1. The van der Waals surface area contributed by atoms with Crippen LogP contribution in [0.1, 0.15) is 17.5 Å². The van der Waals surface area contributed by atoms with E-state index in [0.29, 0.717) is 37.1 Å². The summed E-state index contributed by atoms with van der Waals surface area (Å²) in [7, 11) is -3.43. The van der Waals surface area contributed by atoms with Crippen molar-refractivity contribution >= 4 is 26.5 Å². The van der Waals surface area contributed by atoms with Gasteiger partial charge in [-0.2, -0.15) is 0 Å². The number of benzene rings is 2. The molecule has 5 rings (SSSR count). The molecule has 1 fully saturated rings. The van der Waals surface area contributed by atoms with Crippen LogP contribution in [0, 0.1) is 0 Å². The van der Waals surface area contributed by atoms with Crippen LogP contribution in [0.5, 0.6) is 0 Å². The van der Waals surface area contributed by atoms with Crippen LogP contribution in [0.2, 0.25) is 0 Å². The van der Waals surface area contributed by atoms with Gasteiger partial charge in [0.1, 0.15) is 0 Å². The molecule has 8 heteroatoms. The number of rotatable bonds is 6. The van der Waals surface area contributed by atoms with Crippen LogP contribution in [-0.4, -0.2) is 56.9 Å². The van der Waals surface area contributed by atoms with Crippen molar-refractivity contribution in [2.24, 2.45) is 0 Å². The van der Waals surface area contributed by atoms with Gasteiger partial charge in [0.25, 0.3) is 5.56 Å². The minimum Gasteiger partial charge on any atom is -0.379 e. The van der Waals surface area contributed by atoms with Gasteiger partial charge in [0.2, 0.25) is 10.0 Å². The maximum atomic E-state index is 12.6. The summed E-state index contributed by atoms with van der Waals surface area (Å²) in [5, 5.41) is 1.62. The van der Waals surface area contributed by atoms with Gasteiger partial charge in [0.05, 0.1) is 24.7 Å². The van der Waals surface area contributed by atoms with E-state index >= 15 is 0 Å². The molecule has 3 aromatic rings. The normalized spacial score (nSPS) is 16.3. The summed E-state index contributed by atoms with van der Waals surface area (Å²) in [6, 6.07) is 13.1. The first-order valence-electron chi connectivity index (χ1n) is 10.6. The molecular weight excluding hydrogens is 414 g/mol. The van der Waals surface area contributed by atoms with E-state index in [1.807, 2.05) is 36.4 Å². The Kier molecular flexibility index (Phi) is 5.29. The number of ether oxygens (including phenoxy) is 1. The molecular formula is C23H25N3O4S. The second-order valence-electron chi connectivity index (χ2n) is 8.13. The highest BCUT2D eigenvalue weighted by Gasteiger charge is 2.23. The molecule has 2 aromatic carbocycles. The van der Waals surface area contributed by atoms with Crippen molar-refractivity contribution in [3.8, 4) is 11.3 Å². The molecule has 0 atom stereocenters. The van der Waals surface area contributed by atoms with Crippen LogP contribution in [0.15, 0.2) is 47.3 Å². The molecule has 0 saturated carbocycles. The quantitative estimate of drug-likeness (QED) is 0.482. The minimum absolute atomic E-state index is 0.0830. The van der Waals surface area contributed by atoms with Gasteiger partial charge in [-0.1, -0.05) is 24.3 Å². The molecule has 1 aromatic heterocycles. The van der Waals surface area contributed by atoms with Crippen LogP contribution in [0.3, 0.4) is 0 Å². The Balaban J connectivity index is 1.31. The second-order valence-corrected chi connectivity index (χ2v) is 9.97. The number of fused-ring (bicyclic) bond motifs is 5. The monoisotopic (exact) mass is 439 g/mol. The minimum atomic E-state index is -3.43. The smallest absolute Gasteiger partial charge is 0.256 e. The van der Waals surface area contributed by atoms with E-state index in [4.69, 9.17) is 4.74 Å². The Morgan fingerprint density at radius 2 is 1.84 bits per heavy atom. The highest BCUT2D eigenvalue weighted by Crippen LogP contribution is 2.39. The van der Waals surface area contributed by atoms with Gasteiger partial charge in [-0.05, 0) is 47.7 Å². The fourth-order valence-electron chi connectivity index (χ4n) is 4.52. The highest BCUT2D eigenvalue weighted by molar-refractivity contribution is 7.92. The van der Waals surface area contributed by atoms with Gasteiger partial charge in [-0.15, -0.1) is 0 Å². The van der Waals surface area contributed by atoms with Gasteiger partial charge in [-0.3, -0.25) is 14.4 Å². The summed E-state index contributed by atoms with van der Waals surface area (Å²) in [6.45, 7) is 3.89. The van der Waals surface area contributed by atoms with E-state index in [1.165, 1.54) is 0 Å². The first-order chi connectivity index (χ1) is 15.0. The van der Waals surface area contributed by atoms with Crippen LogP contribution < -0.4 is 10.3 Å². The zero-order valence-electron chi connectivity index (χ0n) is 17.2. The van der Waals surface area contributed by atoms with E-state index < -0.39 is 10.0 Å². The number of hydrogen-bond acceptors (Lipinski definition) is 5. The molecule has 7 nitrogen and oxygen atoms in total. The maximum Gasteiger partial charge on any atom is 0.256 e. The summed E-state index contributed by atoms with van der Waals surface area (Å²) in [6.07, 6.45) is 1.24. The van der Waals surface area contributed by atoms with E-state index in [-0.39, 0.29) is 11.3 Å². The Labute approximate surface area is 181 Å². The van der Waals surface area contributed by atoms with Crippen LogP contribution >= 0.6 is 0 Å². The molecule has 0 amide bonds. The topological polar surface area (TPSA) is 91.5 Å². The molecule has 0 unspecified atom stereocenters. The zero-order valence-corrected chi connectivity index (χ0v) is 18.0. The van der Waals surface area contributed by atoms with Crippen molar-refractivity contribution in [3.63, 3.8) is 0 Å². The van der Waals surface area contributed by atoms with Crippen molar-refractivity contribution in [1.29, 1.82) is 0 Å². The molecule has 1 aliphatic carbocycles. The lowest BCUT2D eigenvalue weighted by atomic mass is 10.0. The number of hydrogen-bond donors (Lipinski definition) is 2. The van der Waals surface area contributed by atoms with E-state index in [1.54, 1.807) is 6.07 Å². The third-order valence-electron chi connectivity index (χ3n) is 6.04. The fourth-order valence-corrected chi connectivity index (χ4v) is 5.62. The average Bonchev–Trinajstić information content (AvgIpc) is 3.12. The lowest BCUT2D eigenvalue weighted by Crippen LogP contribution is -2.37. The molecule has 0 bridgehead atoms. The standard InChI is InChI=1S/C23H25N3O4S/c27-23-20-5-2-1-4-19(20)21-15-16-14-17(6-7-18(16)22(21)24-23)25-31(28,29)13-3-8-26-9-11-30-12-10-26/h1-2,4-7,14,25H,3,8-13,15H2,(H,24,27). The molecule has 2 heterocycles. The van der Waals surface area contributed by atoms with Crippen molar-refractivity contribution in [3.05, 3.63) is 63.9 Å². The van der Waals surface area contributed by atoms with Gasteiger partial charge in [-0.25, -0.2) is 8.42 Å². The van der Waals surface area contributed by atoms with Gasteiger partial charge in [0.15, 0.2) is 0 Å². The molecule has 1 aliphatic heterocycles. The number of H-pyrrole nitrogens is 1. The van der Waals surface area contributed by atoms with E-state index in [9.17, 15) is 13.2 Å². The van der Waals surface area contributed by atoms with Crippen molar-refractivity contribution < 1.29 is 13.2 Å². The lowest BCUT2D eigenvalue weighted by Gasteiger charge is -2.26. The van der Waals surface area contributed by atoms with Crippen LogP contribution in [0.4, 0.5) is 5.69 Å². The summed E-state index contributed by atoms with van der Waals surface area (Å²) in [5.74, 6) is 0.0830. The predicted molar refractivity (Wildman–Crippen MR) is 122 cm³/mol. The number of nitrogens with zero attached hydrogens (tertiary/aromatic N) is 1. The van der Waals surface area contributed by atoms with E-state index in [2.05, 4.69) is 14.6 Å². The number of pyridine rings is 1. The summed E-state index contributed by atoms with van der Waals surface area (Å²) in [4.78, 5) is 17.7. The fraction of sp³-hybridized carbons (Fsp3) is 0.348. The SMILES string of the molecule is O=c1[nH]c2c(c3ccccc13)Cc1cc(NS(=O)(=O)CCCN3CCOCC3)ccc1-2. The summed E-state index contributed by atoms with van der Waals surface area (Å²) in [5.41, 5.74) is 4.33. The highest BCUT2D eigenvalue weighted by atomic mass is 32.2. The molecule has 2 aliphatic rings. The zero-order chi connectivity index (χ0) is 21.4. The third kappa shape index (κ3) is 4.11. The van der Waals surface area contributed by atoms with Crippen molar-refractivity contribution in [1.82, 2.24) is 9.88 Å². The van der Waals surface area contributed by atoms with Crippen molar-refractivity contribution in [2.75, 3.05) is 43.3 Å². The Hall–Kier alpha value is -2.68. The molecule has 2 N–H and O–H groups in total. The maximum absolute atomic E-state index is 12.6. The molecule has 31 heavy (non-hydrogen) atoms. The molecule has 0 radical (unpaired) electrons. The van der Waals surface area contributed by atoms with Crippen molar-refractivity contribution in [2.45, 2.75) is 12.8 Å². The largest absolute Gasteiger partial charge is 0.379 e. The average molecular weight is 440 g/mol. The molecule has 0 spiro atoms. The first-order valence-corrected chi connectivity index (χ1v) is 12.2. The number of aromatic amines is 1. The lowest BCUT2D eigenvalue weighted by molar-refractivity contribution is 0.0381. The van der Waals surface area contributed by atoms with Gasteiger partial charge >= 0.3 is 0 Å². The Morgan fingerprint density at radius 1 is 1.06 bits per heavy atom. The van der Waals surface area contributed by atoms with Crippen LogP contribution in [0.25, 0.3) is 22.0 Å². The van der Waals surface area contributed by atoms with Crippen LogP contribution in [-0.2, 0) is 21.2 Å². The van der Waals surface area contributed by atoms with Gasteiger partial charge < -0.3 is 9.72 Å². The Bertz CT molecular complexity index is 1290. The third-order valence-corrected chi connectivity index (χ3v) is 7.42.